The Hall–Kier alpha value is -2.47. The second kappa shape index (κ2) is 5.24. The number of methoxy groups -OCH3 is 1. The first-order valence-corrected chi connectivity index (χ1v) is 5.40. The monoisotopic (exact) mass is 241 g/mol. The first kappa shape index (κ1) is 12.0. The molecule has 2 aromatic rings. The minimum absolute atomic E-state index is 0.213. The number of nitrogens with two attached hydrogens (primary N) is 1. The number of benzene rings is 2. The van der Waals surface area contributed by atoms with Gasteiger partial charge in [-0.15, -0.1) is 0 Å². The van der Waals surface area contributed by atoms with Crippen LogP contribution in [0.25, 0.3) is 0 Å². The molecule has 2 nitrogen and oxygen atoms in total. The van der Waals surface area contributed by atoms with Gasteiger partial charge in [0.15, 0.2) is 11.6 Å². The van der Waals surface area contributed by atoms with Crippen molar-refractivity contribution in [3.05, 3.63) is 59.4 Å². The molecule has 0 fully saturated rings. The van der Waals surface area contributed by atoms with Gasteiger partial charge in [0.2, 0.25) is 0 Å². The maximum atomic E-state index is 13.4. The Bertz CT molecular complexity index is 626. The topological polar surface area (TPSA) is 35.2 Å². The molecular formula is C15H12FNO. The molecule has 0 radical (unpaired) electrons. The van der Waals surface area contributed by atoms with Crippen LogP contribution in [0.5, 0.6) is 5.75 Å². The molecule has 18 heavy (non-hydrogen) atoms. The van der Waals surface area contributed by atoms with Gasteiger partial charge in [0.05, 0.1) is 7.11 Å². The molecule has 0 spiro atoms. The van der Waals surface area contributed by atoms with E-state index in [9.17, 15) is 4.39 Å². The summed E-state index contributed by atoms with van der Waals surface area (Å²) in [6.07, 6.45) is 0. The zero-order chi connectivity index (χ0) is 13.0. The largest absolute Gasteiger partial charge is 0.494 e. The van der Waals surface area contributed by atoms with Gasteiger partial charge in [0.25, 0.3) is 0 Å². The smallest absolute Gasteiger partial charge is 0.166 e. The number of halogens is 1. The van der Waals surface area contributed by atoms with Crippen LogP contribution in [0.4, 0.5) is 10.1 Å². The number of ether oxygens (including phenoxy) is 1. The zero-order valence-electron chi connectivity index (χ0n) is 9.91. The van der Waals surface area contributed by atoms with Gasteiger partial charge >= 0.3 is 0 Å². The average molecular weight is 241 g/mol. The van der Waals surface area contributed by atoms with E-state index in [4.69, 9.17) is 10.5 Å². The fraction of sp³-hybridized carbons (Fsp3) is 0.0667. The predicted octanol–water partition coefficient (Wildman–Crippen LogP) is 2.82. The summed E-state index contributed by atoms with van der Waals surface area (Å²) < 4.78 is 18.3. The average Bonchev–Trinajstić information content (AvgIpc) is 2.37. The molecule has 0 amide bonds. The molecule has 0 aromatic heterocycles. The third-order valence-corrected chi connectivity index (χ3v) is 2.39. The molecule has 0 aliphatic heterocycles. The molecule has 0 saturated carbocycles. The Morgan fingerprint density at radius 1 is 1.06 bits per heavy atom. The van der Waals surface area contributed by atoms with Gasteiger partial charge in [-0.3, -0.25) is 0 Å². The lowest BCUT2D eigenvalue weighted by Gasteiger charge is -2.00. The Morgan fingerprint density at radius 3 is 2.39 bits per heavy atom. The van der Waals surface area contributed by atoms with Crippen LogP contribution in [0.15, 0.2) is 42.5 Å². The lowest BCUT2D eigenvalue weighted by atomic mass is 10.1. The normalized spacial score (nSPS) is 9.44. The van der Waals surface area contributed by atoms with Crippen LogP contribution in [-0.2, 0) is 0 Å². The quantitative estimate of drug-likeness (QED) is 0.615. The van der Waals surface area contributed by atoms with Gasteiger partial charge in [-0.1, -0.05) is 17.9 Å². The van der Waals surface area contributed by atoms with Crippen molar-refractivity contribution >= 4 is 5.69 Å². The van der Waals surface area contributed by atoms with Gasteiger partial charge in [-0.2, -0.15) is 0 Å². The lowest BCUT2D eigenvalue weighted by molar-refractivity contribution is 0.386. The van der Waals surface area contributed by atoms with Crippen molar-refractivity contribution in [1.82, 2.24) is 0 Å². The van der Waals surface area contributed by atoms with Crippen molar-refractivity contribution in [1.29, 1.82) is 0 Å². The fourth-order valence-corrected chi connectivity index (χ4v) is 1.50. The SMILES string of the molecule is COc1ccc(C#Cc2cccc(N)c2)cc1F. The highest BCUT2D eigenvalue weighted by molar-refractivity contribution is 5.50. The Morgan fingerprint density at radius 2 is 1.78 bits per heavy atom. The van der Waals surface area contributed by atoms with Crippen molar-refractivity contribution in [3.8, 4) is 17.6 Å². The van der Waals surface area contributed by atoms with Crippen LogP contribution in [0.1, 0.15) is 11.1 Å². The Labute approximate surface area is 105 Å². The molecule has 90 valence electrons. The number of hydrogen-bond acceptors (Lipinski definition) is 2. The van der Waals surface area contributed by atoms with Gasteiger partial charge < -0.3 is 10.5 Å². The maximum Gasteiger partial charge on any atom is 0.166 e. The summed E-state index contributed by atoms with van der Waals surface area (Å²) >= 11 is 0. The van der Waals surface area contributed by atoms with E-state index in [1.165, 1.54) is 13.2 Å². The van der Waals surface area contributed by atoms with Crippen LogP contribution in [0, 0.1) is 17.7 Å². The predicted molar refractivity (Wildman–Crippen MR) is 69.8 cm³/mol. The van der Waals surface area contributed by atoms with E-state index in [2.05, 4.69) is 11.8 Å². The molecule has 2 aromatic carbocycles. The van der Waals surface area contributed by atoms with E-state index in [0.717, 1.165) is 5.56 Å². The molecule has 0 unspecified atom stereocenters. The van der Waals surface area contributed by atoms with E-state index in [1.807, 2.05) is 12.1 Å². The number of nitrogen functional groups attached to an aromatic ring is 1. The fourth-order valence-electron chi connectivity index (χ4n) is 1.50. The van der Waals surface area contributed by atoms with Crippen LogP contribution >= 0.6 is 0 Å². The van der Waals surface area contributed by atoms with Crippen molar-refractivity contribution in [2.75, 3.05) is 12.8 Å². The molecule has 0 aliphatic rings. The molecule has 3 heteroatoms. The van der Waals surface area contributed by atoms with Gasteiger partial charge in [0, 0.05) is 16.8 Å². The van der Waals surface area contributed by atoms with Gasteiger partial charge in [-0.25, -0.2) is 4.39 Å². The van der Waals surface area contributed by atoms with Gasteiger partial charge in [-0.05, 0) is 36.4 Å². The molecular weight excluding hydrogens is 229 g/mol. The molecule has 0 bridgehead atoms. The summed E-state index contributed by atoms with van der Waals surface area (Å²) in [6.45, 7) is 0. The summed E-state index contributed by atoms with van der Waals surface area (Å²) in [5.41, 5.74) is 7.69. The lowest BCUT2D eigenvalue weighted by Crippen LogP contribution is -1.88. The third-order valence-electron chi connectivity index (χ3n) is 2.39. The molecule has 0 heterocycles. The number of anilines is 1. The van der Waals surface area contributed by atoms with E-state index < -0.39 is 5.82 Å². The van der Waals surface area contributed by atoms with Gasteiger partial charge in [0.1, 0.15) is 0 Å². The molecule has 2 N–H and O–H groups in total. The minimum atomic E-state index is -0.420. The van der Waals surface area contributed by atoms with Crippen molar-refractivity contribution < 1.29 is 9.13 Å². The van der Waals surface area contributed by atoms with Crippen LogP contribution in [-0.4, -0.2) is 7.11 Å². The summed E-state index contributed by atoms with van der Waals surface area (Å²) in [6, 6.07) is 11.8. The Balaban J connectivity index is 2.27. The van der Waals surface area contributed by atoms with E-state index in [1.54, 1.807) is 24.3 Å². The minimum Gasteiger partial charge on any atom is -0.494 e. The van der Waals surface area contributed by atoms with Crippen LogP contribution < -0.4 is 10.5 Å². The zero-order valence-corrected chi connectivity index (χ0v) is 9.91. The van der Waals surface area contributed by atoms with E-state index in [0.29, 0.717) is 11.3 Å². The molecule has 0 aliphatic carbocycles. The van der Waals surface area contributed by atoms with Crippen molar-refractivity contribution in [2.24, 2.45) is 0 Å². The van der Waals surface area contributed by atoms with E-state index in [-0.39, 0.29) is 5.75 Å². The van der Waals surface area contributed by atoms with Crippen molar-refractivity contribution in [3.63, 3.8) is 0 Å². The highest BCUT2D eigenvalue weighted by Crippen LogP contribution is 2.17. The highest BCUT2D eigenvalue weighted by Gasteiger charge is 2.01. The maximum absolute atomic E-state index is 13.4. The van der Waals surface area contributed by atoms with Crippen LogP contribution in [0.2, 0.25) is 0 Å². The summed E-state index contributed by atoms with van der Waals surface area (Å²) in [7, 11) is 1.43. The second-order valence-electron chi connectivity index (χ2n) is 3.72. The highest BCUT2D eigenvalue weighted by atomic mass is 19.1. The summed E-state index contributed by atoms with van der Waals surface area (Å²) in [5.74, 6) is 5.60. The standard InChI is InChI=1S/C15H12FNO/c1-18-15-8-7-12(10-14(15)16)6-5-11-3-2-4-13(17)9-11/h2-4,7-10H,17H2,1H3. The molecule has 0 saturated heterocycles. The van der Waals surface area contributed by atoms with Crippen LogP contribution in [0.3, 0.4) is 0 Å². The first-order valence-electron chi connectivity index (χ1n) is 5.40. The second-order valence-corrected chi connectivity index (χ2v) is 3.72. The summed E-state index contributed by atoms with van der Waals surface area (Å²) in [4.78, 5) is 0. The third kappa shape index (κ3) is 2.80. The first-order chi connectivity index (χ1) is 8.69. The molecule has 0 atom stereocenters. The summed E-state index contributed by atoms with van der Waals surface area (Å²) in [5, 5.41) is 0. The van der Waals surface area contributed by atoms with Crippen molar-refractivity contribution in [2.45, 2.75) is 0 Å². The van der Waals surface area contributed by atoms with E-state index >= 15 is 0 Å². The Kier molecular flexibility index (Phi) is 3.49. The number of rotatable bonds is 1. The number of hydrogen-bond donors (Lipinski definition) is 1. The molecule has 2 rings (SSSR count).